The van der Waals surface area contributed by atoms with Crippen molar-refractivity contribution in [1.29, 1.82) is 0 Å². The van der Waals surface area contributed by atoms with E-state index in [0.29, 0.717) is 16.2 Å². The van der Waals surface area contributed by atoms with Crippen molar-refractivity contribution in [3.8, 4) is 0 Å². The highest BCUT2D eigenvalue weighted by molar-refractivity contribution is 5.54. The molecule has 0 aliphatic carbocycles. The molecule has 0 saturated heterocycles. The van der Waals surface area contributed by atoms with E-state index < -0.39 is 4.92 Å². The average molecular weight is 232 g/mol. The van der Waals surface area contributed by atoms with Crippen molar-refractivity contribution < 1.29 is 9.65 Å². The lowest BCUT2D eigenvalue weighted by atomic mass is 10.4. The molecule has 7 nitrogen and oxygen atoms in total. The summed E-state index contributed by atoms with van der Waals surface area (Å²) in [5, 5.41) is 24.3. The highest BCUT2D eigenvalue weighted by Crippen LogP contribution is 2.15. The van der Waals surface area contributed by atoms with Gasteiger partial charge in [-0.25, -0.2) is 4.98 Å². The van der Waals surface area contributed by atoms with Gasteiger partial charge in [-0.05, 0) is 12.1 Å². The monoisotopic (exact) mass is 232 g/mol. The Kier molecular flexibility index (Phi) is 2.82. The first-order chi connectivity index (χ1) is 8.15. The van der Waals surface area contributed by atoms with Gasteiger partial charge in [0, 0.05) is 12.1 Å². The van der Waals surface area contributed by atoms with Crippen LogP contribution in [-0.4, -0.2) is 9.91 Å². The van der Waals surface area contributed by atoms with Crippen LogP contribution in [0.15, 0.2) is 42.9 Å². The molecule has 86 valence electrons. The van der Waals surface area contributed by atoms with Crippen LogP contribution in [0.25, 0.3) is 0 Å². The third-order valence-corrected chi connectivity index (χ3v) is 2.01. The maximum Gasteiger partial charge on any atom is 0.287 e. The normalized spacial score (nSPS) is 9.88. The summed E-state index contributed by atoms with van der Waals surface area (Å²) in [7, 11) is 0. The van der Waals surface area contributed by atoms with Gasteiger partial charge in [0.2, 0.25) is 6.20 Å². The van der Waals surface area contributed by atoms with Crippen molar-refractivity contribution in [2.75, 3.05) is 5.32 Å². The van der Waals surface area contributed by atoms with Gasteiger partial charge in [-0.2, -0.15) is 4.73 Å². The molecule has 0 amide bonds. The second-order valence-corrected chi connectivity index (χ2v) is 3.24. The molecule has 0 aromatic carbocycles. The maximum absolute atomic E-state index is 11.0. The Morgan fingerprint density at radius 2 is 2.18 bits per heavy atom. The molecule has 0 radical (unpaired) electrons. The van der Waals surface area contributed by atoms with E-state index in [2.05, 4.69) is 10.3 Å². The summed E-state index contributed by atoms with van der Waals surface area (Å²) >= 11 is 0. The van der Waals surface area contributed by atoms with E-state index in [1.165, 1.54) is 24.5 Å². The SMILES string of the molecule is O=[N+]([O-])c1ccc(Nc2ccc[n+]([O-])c2)nc1. The Balaban J connectivity index is 2.16. The van der Waals surface area contributed by atoms with E-state index in [9.17, 15) is 15.3 Å². The molecule has 0 aliphatic heterocycles. The number of nitro groups is 1. The summed E-state index contributed by atoms with van der Waals surface area (Å²) in [6.45, 7) is 0. The van der Waals surface area contributed by atoms with Crippen molar-refractivity contribution in [1.82, 2.24) is 4.98 Å². The van der Waals surface area contributed by atoms with Crippen LogP contribution >= 0.6 is 0 Å². The number of hydrogen-bond acceptors (Lipinski definition) is 5. The fourth-order valence-corrected chi connectivity index (χ4v) is 1.24. The quantitative estimate of drug-likeness (QED) is 0.373. The highest BCUT2D eigenvalue weighted by atomic mass is 16.6. The van der Waals surface area contributed by atoms with Gasteiger partial charge in [0.1, 0.15) is 17.7 Å². The number of anilines is 2. The molecule has 17 heavy (non-hydrogen) atoms. The third kappa shape index (κ3) is 2.65. The minimum Gasteiger partial charge on any atom is -0.619 e. The van der Waals surface area contributed by atoms with Crippen LogP contribution in [0.4, 0.5) is 17.2 Å². The van der Waals surface area contributed by atoms with Gasteiger partial charge in [0.05, 0.1) is 4.92 Å². The van der Waals surface area contributed by atoms with E-state index in [-0.39, 0.29) is 5.69 Å². The molecular weight excluding hydrogens is 224 g/mol. The molecule has 2 aromatic heterocycles. The summed E-state index contributed by atoms with van der Waals surface area (Å²) in [5.41, 5.74) is 0.478. The fourth-order valence-electron chi connectivity index (χ4n) is 1.24. The van der Waals surface area contributed by atoms with Crippen LogP contribution < -0.4 is 10.0 Å². The molecule has 0 spiro atoms. The first-order valence-electron chi connectivity index (χ1n) is 4.71. The molecule has 0 atom stereocenters. The van der Waals surface area contributed by atoms with Crippen LogP contribution in [0.5, 0.6) is 0 Å². The number of pyridine rings is 2. The Labute approximate surface area is 96.1 Å². The highest BCUT2D eigenvalue weighted by Gasteiger charge is 2.05. The number of aromatic nitrogens is 2. The summed E-state index contributed by atoms with van der Waals surface area (Å²) in [6, 6.07) is 6.09. The molecular formula is C10H8N4O3. The van der Waals surface area contributed by atoms with Gasteiger partial charge in [-0.3, -0.25) is 10.1 Å². The van der Waals surface area contributed by atoms with Gasteiger partial charge < -0.3 is 10.5 Å². The predicted octanol–water partition coefficient (Wildman–Crippen LogP) is 1.37. The summed E-state index contributed by atoms with van der Waals surface area (Å²) < 4.78 is 0.647. The zero-order valence-electron chi connectivity index (χ0n) is 8.61. The van der Waals surface area contributed by atoms with Crippen LogP contribution in [0.1, 0.15) is 0 Å². The van der Waals surface area contributed by atoms with Crippen molar-refractivity contribution >= 4 is 17.2 Å². The molecule has 0 bridgehead atoms. The van der Waals surface area contributed by atoms with Crippen molar-refractivity contribution in [2.45, 2.75) is 0 Å². The van der Waals surface area contributed by atoms with Gasteiger partial charge in [0.25, 0.3) is 5.69 Å². The number of rotatable bonds is 3. The lowest BCUT2D eigenvalue weighted by Gasteiger charge is -2.04. The molecule has 0 saturated carbocycles. The number of nitrogens with zero attached hydrogens (tertiary/aromatic N) is 3. The molecule has 2 rings (SSSR count). The minimum absolute atomic E-state index is 0.0810. The number of hydrogen-bond donors (Lipinski definition) is 1. The predicted molar refractivity (Wildman–Crippen MR) is 59.6 cm³/mol. The first kappa shape index (κ1) is 10.8. The van der Waals surface area contributed by atoms with Gasteiger partial charge in [0.15, 0.2) is 6.20 Å². The molecule has 2 heterocycles. The lowest BCUT2D eigenvalue weighted by Crippen LogP contribution is -2.24. The lowest BCUT2D eigenvalue weighted by molar-refractivity contribution is -0.604. The van der Waals surface area contributed by atoms with Crippen LogP contribution in [-0.2, 0) is 0 Å². The number of nitrogens with one attached hydrogen (secondary N) is 1. The zero-order chi connectivity index (χ0) is 12.3. The van der Waals surface area contributed by atoms with Gasteiger partial charge in [-0.1, -0.05) is 0 Å². The topological polar surface area (TPSA) is 95.0 Å². The van der Waals surface area contributed by atoms with Gasteiger partial charge >= 0.3 is 0 Å². The summed E-state index contributed by atoms with van der Waals surface area (Å²) in [4.78, 5) is 13.8. The second-order valence-electron chi connectivity index (χ2n) is 3.24. The standard InChI is InChI=1S/C10H8N4O3/c15-13-5-1-2-8(7-13)12-10-4-3-9(6-11-10)14(16)17/h1-7H,(H,11,12). The second kappa shape index (κ2) is 4.44. The fraction of sp³-hybridized carbons (Fsp3) is 0. The van der Waals surface area contributed by atoms with Gasteiger partial charge in [-0.15, -0.1) is 0 Å². The van der Waals surface area contributed by atoms with Crippen molar-refractivity contribution in [3.05, 3.63) is 58.2 Å². The Morgan fingerprint density at radius 1 is 1.35 bits per heavy atom. The van der Waals surface area contributed by atoms with Crippen LogP contribution in [0, 0.1) is 15.3 Å². The first-order valence-corrected chi connectivity index (χ1v) is 4.71. The summed E-state index contributed by atoms with van der Waals surface area (Å²) in [5.74, 6) is 0.432. The molecule has 2 aromatic rings. The zero-order valence-corrected chi connectivity index (χ0v) is 8.61. The average Bonchev–Trinajstić information content (AvgIpc) is 2.29. The van der Waals surface area contributed by atoms with Crippen molar-refractivity contribution in [3.63, 3.8) is 0 Å². The molecule has 1 N–H and O–H groups in total. The Morgan fingerprint density at radius 3 is 2.76 bits per heavy atom. The van der Waals surface area contributed by atoms with E-state index in [0.717, 1.165) is 6.20 Å². The smallest absolute Gasteiger partial charge is 0.287 e. The maximum atomic E-state index is 11.0. The van der Waals surface area contributed by atoms with Crippen molar-refractivity contribution in [2.24, 2.45) is 0 Å². The van der Waals surface area contributed by atoms with Crippen LogP contribution in [0.3, 0.4) is 0 Å². The Hall–Kier alpha value is -2.70. The van der Waals surface area contributed by atoms with E-state index >= 15 is 0 Å². The molecule has 7 heteroatoms. The molecule has 0 aliphatic rings. The van der Waals surface area contributed by atoms with E-state index in [1.54, 1.807) is 12.1 Å². The molecule has 0 fully saturated rings. The van der Waals surface area contributed by atoms with Crippen LogP contribution in [0.2, 0.25) is 0 Å². The molecule has 0 unspecified atom stereocenters. The summed E-state index contributed by atoms with van der Waals surface area (Å²) in [6.07, 6.45) is 3.84. The Bertz CT molecular complexity index is 542. The van der Waals surface area contributed by atoms with E-state index in [1.807, 2.05) is 0 Å². The third-order valence-electron chi connectivity index (χ3n) is 2.01. The van der Waals surface area contributed by atoms with E-state index in [4.69, 9.17) is 0 Å². The largest absolute Gasteiger partial charge is 0.619 e. The minimum atomic E-state index is -0.523.